The van der Waals surface area contributed by atoms with E-state index in [0.29, 0.717) is 6.54 Å². The number of piperidine rings is 1. The molecular formula is C10H20N2O4S. The lowest BCUT2D eigenvalue weighted by atomic mass is 10.1. The van der Waals surface area contributed by atoms with Gasteiger partial charge in [0.05, 0.1) is 0 Å². The summed E-state index contributed by atoms with van der Waals surface area (Å²) in [6, 6.07) is -1.11. The van der Waals surface area contributed by atoms with Gasteiger partial charge in [0, 0.05) is 12.6 Å². The van der Waals surface area contributed by atoms with Crippen LogP contribution in [0, 0.1) is 0 Å². The van der Waals surface area contributed by atoms with Crippen LogP contribution in [0.1, 0.15) is 39.5 Å². The molecule has 6 nitrogen and oxygen atoms in total. The molecule has 1 heterocycles. The van der Waals surface area contributed by atoms with Crippen molar-refractivity contribution in [3.8, 4) is 0 Å². The average Bonchev–Trinajstić information content (AvgIpc) is 2.26. The Morgan fingerprint density at radius 1 is 1.53 bits per heavy atom. The third kappa shape index (κ3) is 3.65. The van der Waals surface area contributed by atoms with Crippen molar-refractivity contribution in [2.45, 2.75) is 51.6 Å². The second kappa shape index (κ2) is 5.79. The van der Waals surface area contributed by atoms with E-state index in [2.05, 4.69) is 4.72 Å². The van der Waals surface area contributed by atoms with Crippen LogP contribution in [-0.2, 0) is 15.0 Å². The topological polar surface area (TPSA) is 86.7 Å². The quantitative estimate of drug-likeness (QED) is 0.759. The highest BCUT2D eigenvalue weighted by molar-refractivity contribution is 7.87. The molecular weight excluding hydrogens is 244 g/mol. The lowest BCUT2D eigenvalue weighted by Crippen LogP contribution is -2.52. The second-order valence-electron chi connectivity index (χ2n) is 4.38. The van der Waals surface area contributed by atoms with Gasteiger partial charge in [-0.1, -0.05) is 13.3 Å². The molecule has 0 spiro atoms. The smallest absolute Gasteiger partial charge is 0.321 e. The van der Waals surface area contributed by atoms with E-state index in [-0.39, 0.29) is 12.5 Å². The van der Waals surface area contributed by atoms with E-state index < -0.39 is 22.2 Å². The van der Waals surface area contributed by atoms with Crippen molar-refractivity contribution in [1.82, 2.24) is 9.03 Å². The molecule has 2 unspecified atom stereocenters. The SMILES string of the molecule is CCC(NS(=O)(=O)N1CCCCC1C)C(=O)O. The first kappa shape index (κ1) is 14.4. The maximum Gasteiger partial charge on any atom is 0.321 e. The van der Waals surface area contributed by atoms with Gasteiger partial charge < -0.3 is 5.11 Å². The number of nitrogens with one attached hydrogen (secondary N) is 1. The maximum absolute atomic E-state index is 12.0. The standard InChI is InChI=1S/C10H20N2O4S/c1-3-9(10(13)14)11-17(15,16)12-7-5-4-6-8(12)2/h8-9,11H,3-7H2,1-2H3,(H,13,14). The number of hydrogen-bond acceptors (Lipinski definition) is 3. The zero-order valence-corrected chi connectivity index (χ0v) is 11.0. The minimum absolute atomic E-state index is 0.0625. The van der Waals surface area contributed by atoms with Crippen LogP contribution in [0.15, 0.2) is 0 Å². The predicted molar refractivity (Wildman–Crippen MR) is 63.8 cm³/mol. The number of carboxylic acids is 1. The molecule has 2 N–H and O–H groups in total. The Bertz CT molecular complexity index is 369. The van der Waals surface area contributed by atoms with E-state index in [9.17, 15) is 13.2 Å². The number of hydrogen-bond donors (Lipinski definition) is 2. The molecule has 0 amide bonds. The molecule has 2 atom stereocenters. The molecule has 0 aliphatic carbocycles. The van der Waals surface area contributed by atoms with E-state index in [0.717, 1.165) is 19.3 Å². The number of carboxylic acid groups (broad SMARTS) is 1. The molecule has 1 aliphatic rings. The normalized spacial score (nSPS) is 24.5. The van der Waals surface area contributed by atoms with Gasteiger partial charge in [-0.3, -0.25) is 4.79 Å². The van der Waals surface area contributed by atoms with E-state index in [1.54, 1.807) is 6.92 Å². The highest BCUT2D eigenvalue weighted by Gasteiger charge is 2.32. The molecule has 17 heavy (non-hydrogen) atoms. The molecule has 0 aromatic carbocycles. The van der Waals surface area contributed by atoms with E-state index in [1.807, 2.05) is 6.92 Å². The van der Waals surface area contributed by atoms with Crippen LogP contribution in [0.3, 0.4) is 0 Å². The molecule has 100 valence electrons. The van der Waals surface area contributed by atoms with Crippen molar-refractivity contribution in [3.63, 3.8) is 0 Å². The Kier molecular flexibility index (Phi) is 4.91. The zero-order valence-electron chi connectivity index (χ0n) is 10.2. The zero-order chi connectivity index (χ0) is 13.1. The molecule has 1 aliphatic heterocycles. The van der Waals surface area contributed by atoms with Gasteiger partial charge in [-0.05, 0) is 26.2 Å². The Hall–Kier alpha value is -0.660. The van der Waals surface area contributed by atoms with Gasteiger partial charge in [0.15, 0.2) is 0 Å². The fourth-order valence-electron chi connectivity index (χ4n) is 1.98. The molecule has 1 fully saturated rings. The molecule has 0 aromatic rings. The van der Waals surface area contributed by atoms with Crippen LogP contribution in [0.25, 0.3) is 0 Å². The Labute approximate surface area is 102 Å². The summed E-state index contributed by atoms with van der Waals surface area (Å²) >= 11 is 0. The third-order valence-corrected chi connectivity index (χ3v) is 4.79. The molecule has 0 saturated carbocycles. The van der Waals surface area contributed by atoms with E-state index >= 15 is 0 Å². The summed E-state index contributed by atoms with van der Waals surface area (Å²) in [5.74, 6) is -1.14. The number of aliphatic carboxylic acids is 1. The molecule has 0 bridgehead atoms. The van der Waals surface area contributed by atoms with Crippen LogP contribution in [-0.4, -0.2) is 42.4 Å². The van der Waals surface area contributed by atoms with Gasteiger partial charge in [-0.25, -0.2) is 0 Å². The van der Waals surface area contributed by atoms with Gasteiger partial charge in [-0.2, -0.15) is 17.4 Å². The second-order valence-corrected chi connectivity index (χ2v) is 6.03. The van der Waals surface area contributed by atoms with Crippen molar-refractivity contribution in [1.29, 1.82) is 0 Å². The van der Waals surface area contributed by atoms with Crippen molar-refractivity contribution < 1.29 is 18.3 Å². The Balaban J connectivity index is 2.76. The van der Waals surface area contributed by atoms with Gasteiger partial charge in [0.25, 0.3) is 10.2 Å². The van der Waals surface area contributed by atoms with Gasteiger partial charge >= 0.3 is 5.97 Å². The third-order valence-electron chi connectivity index (χ3n) is 3.05. The minimum atomic E-state index is -3.69. The monoisotopic (exact) mass is 264 g/mol. The van der Waals surface area contributed by atoms with Crippen molar-refractivity contribution >= 4 is 16.2 Å². The Morgan fingerprint density at radius 3 is 2.65 bits per heavy atom. The van der Waals surface area contributed by atoms with Gasteiger partial charge in [0.2, 0.25) is 0 Å². The van der Waals surface area contributed by atoms with Crippen molar-refractivity contribution in [2.75, 3.05) is 6.54 Å². The van der Waals surface area contributed by atoms with Crippen LogP contribution >= 0.6 is 0 Å². The van der Waals surface area contributed by atoms with E-state index in [1.165, 1.54) is 4.31 Å². The minimum Gasteiger partial charge on any atom is -0.480 e. The lowest BCUT2D eigenvalue weighted by Gasteiger charge is -2.32. The van der Waals surface area contributed by atoms with Crippen molar-refractivity contribution in [3.05, 3.63) is 0 Å². The average molecular weight is 264 g/mol. The predicted octanol–water partition coefficient (Wildman–Crippen LogP) is 0.558. The molecule has 1 saturated heterocycles. The fraction of sp³-hybridized carbons (Fsp3) is 0.900. The van der Waals surface area contributed by atoms with Crippen LogP contribution in [0.5, 0.6) is 0 Å². The summed E-state index contributed by atoms with van der Waals surface area (Å²) in [6.45, 7) is 3.95. The van der Waals surface area contributed by atoms with Crippen LogP contribution < -0.4 is 4.72 Å². The fourth-order valence-corrected chi connectivity index (χ4v) is 3.70. The summed E-state index contributed by atoms with van der Waals surface area (Å²) in [6.07, 6.45) is 2.90. The molecule has 7 heteroatoms. The van der Waals surface area contributed by atoms with Gasteiger partial charge in [0.1, 0.15) is 6.04 Å². The molecule has 0 aromatic heterocycles. The largest absolute Gasteiger partial charge is 0.480 e. The summed E-state index contributed by atoms with van der Waals surface area (Å²) in [7, 11) is -3.69. The highest BCUT2D eigenvalue weighted by atomic mass is 32.2. The molecule has 0 radical (unpaired) electrons. The number of nitrogens with zero attached hydrogens (tertiary/aromatic N) is 1. The van der Waals surface area contributed by atoms with Gasteiger partial charge in [-0.15, -0.1) is 0 Å². The first-order valence-corrected chi connectivity index (χ1v) is 7.34. The summed E-state index contributed by atoms with van der Waals surface area (Å²) in [5.41, 5.74) is 0. The van der Waals surface area contributed by atoms with Crippen LogP contribution in [0.2, 0.25) is 0 Å². The highest BCUT2D eigenvalue weighted by Crippen LogP contribution is 2.19. The lowest BCUT2D eigenvalue weighted by molar-refractivity contribution is -0.139. The van der Waals surface area contributed by atoms with Crippen molar-refractivity contribution in [2.24, 2.45) is 0 Å². The number of rotatable bonds is 5. The van der Waals surface area contributed by atoms with E-state index in [4.69, 9.17) is 5.11 Å². The van der Waals surface area contributed by atoms with Crippen LogP contribution in [0.4, 0.5) is 0 Å². The maximum atomic E-state index is 12.0. The first-order chi connectivity index (χ1) is 7.88. The summed E-state index contributed by atoms with van der Waals surface area (Å²) in [4.78, 5) is 10.8. The Morgan fingerprint density at radius 2 is 2.18 bits per heavy atom. The first-order valence-electron chi connectivity index (χ1n) is 5.90. The summed E-state index contributed by atoms with van der Waals surface area (Å²) in [5, 5.41) is 8.86. The summed E-state index contributed by atoms with van der Waals surface area (Å²) < 4.78 is 27.6. The number of carbonyl (C=O) groups is 1. The molecule has 1 rings (SSSR count).